The molecule has 1 heterocycles. The van der Waals surface area contributed by atoms with Crippen molar-refractivity contribution >= 4 is 34.3 Å². The van der Waals surface area contributed by atoms with Crippen LogP contribution in [-0.4, -0.2) is 42.8 Å². The van der Waals surface area contributed by atoms with Crippen LogP contribution in [0.4, 0.5) is 0 Å². The average molecular weight is 386 g/mol. The molecule has 1 aliphatic heterocycles. The maximum Gasteiger partial charge on any atom is 0.237 e. The normalized spacial score (nSPS) is 19.6. The van der Waals surface area contributed by atoms with Crippen LogP contribution in [0.5, 0.6) is 0 Å². The lowest BCUT2D eigenvalue weighted by Gasteiger charge is -2.33. The monoisotopic (exact) mass is 386 g/mol. The molecule has 20 heavy (non-hydrogen) atoms. The standard InChI is InChI=1S/C15H19IN2O2/c1-17-15(20)13-4-2-3-9-18(13)10-14(19)11-5-7-12(16)8-6-11/h5-8,13H,2-4,9-10H2,1H3,(H,17,20). The van der Waals surface area contributed by atoms with Crippen LogP contribution in [0.25, 0.3) is 0 Å². The number of nitrogens with zero attached hydrogens (tertiary/aromatic N) is 1. The summed E-state index contributed by atoms with van der Waals surface area (Å²) in [5.41, 5.74) is 0.714. The molecule has 108 valence electrons. The number of hydrogen-bond donors (Lipinski definition) is 1. The van der Waals surface area contributed by atoms with Crippen LogP contribution in [0, 0.1) is 3.57 Å². The van der Waals surface area contributed by atoms with E-state index in [1.807, 2.05) is 29.2 Å². The molecule has 1 aromatic carbocycles. The van der Waals surface area contributed by atoms with E-state index in [0.29, 0.717) is 12.1 Å². The number of Topliss-reactive ketones (excluding diaryl/α,β-unsaturated/α-hetero) is 1. The Morgan fingerprint density at radius 2 is 2.00 bits per heavy atom. The number of amides is 1. The largest absolute Gasteiger partial charge is 0.358 e. The molecular formula is C15H19IN2O2. The van der Waals surface area contributed by atoms with E-state index in [9.17, 15) is 9.59 Å². The molecule has 1 aliphatic rings. The smallest absolute Gasteiger partial charge is 0.237 e. The molecule has 1 unspecified atom stereocenters. The summed E-state index contributed by atoms with van der Waals surface area (Å²) < 4.78 is 1.11. The van der Waals surface area contributed by atoms with Crippen molar-refractivity contribution in [1.82, 2.24) is 10.2 Å². The number of nitrogens with one attached hydrogen (secondary N) is 1. The van der Waals surface area contributed by atoms with E-state index in [-0.39, 0.29) is 17.7 Å². The second kappa shape index (κ2) is 7.17. The van der Waals surface area contributed by atoms with Crippen LogP contribution in [-0.2, 0) is 4.79 Å². The van der Waals surface area contributed by atoms with Crippen LogP contribution in [0.15, 0.2) is 24.3 Å². The maximum absolute atomic E-state index is 12.3. The highest BCUT2D eigenvalue weighted by atomic mass is 127. The van der Waals surface area contributed by atoms with Gasteiger partial charge in [-0.3, -0.25) is 14.5 Å². The fraction of sp³-hybridized carbons (Fsp3) is 0.467. The second-order valence-corrected chi connectivity index (χ2v) is 6.27. The molecule has 5 heteroatoms. The summed E-state index contributed by atoms with van der Waals surface area (Å²) in [5, 5.41) is 2.69. The van der Waals surface area contributed by atoms with Crippen LogP contribution >= 0.6 is 22.6 Å². The summed E-state index contributed by atoms with van der Waals surface area (Å²) in [6, 6.07) is 7.40. The van der Waals surface area contributed by atoms with E-state index >= 15 is 0 Å². The van der Waals surface area contributed by atoms with Gasteiger partial charge in [0.2, 0.25) is 5.91 Å². The Kier molecular flexibility index (Phi) is 5.54. The molecule has 0 aromatic heterocycles. The lowest BCUT2D eigenvalue weighted by molar-refractivity contribution is -0.126. The second-order valence-electron chi connectivity index (χ2n) is 5.03. The SMILES string of the molecule is CNC(=O)C1CCCCN1CC(=O)c1ccc(I)cc1. The van der Waals surface area contributed by atoms with Gasteiger partial charge in [0.25, 0.3) is 0 Å². The first-order valence-corrected chi connectivity index (χ1v) is 7.94. The van der Waals surface area contributed by atoms with Gasteiger partial charge in [-0.15, -0.1) is 0 Å². The summed E-state index contributed by atoms with van der Waals surface area (Å²) in [6.07, 6.45) is 2.93. The molecule has 0 radical (unpaired) electrons. The van der Waals surface area contributed by atoms with Gasteiger partial charge in [0.1, 0.15) is 0 Å². The summed E-state index contributed by atoms with van der Waals surface area (Å²) in [6.45, 7) is 1.13. The van der Waals surface area contributed by atoms with Gasteiger partial charge in [-0.25, -0.2) is 0 Å². The first-order chi connectivity index (χ1) is 9.61. The number of piperidine rings is 1. The fourth-order valence-electron chi connectivity index (χ4n) is 2.56. The van der Waals surface area contributed by atoms with E-state index in [1.54, 1.807) is 7.05 Å². The van der Waals surface area contributed by atoms with E-state index in [4.69, 9.17) is 0 Å². The minimum atomic E-state index is -0.165. The lowest BCUT2D eigenvalue weighted by Crippen LogP contribution is -2.50. The van der Waals surface area contributed by atoms with Crippen molar-refractivity contribution in [2.45, 2.75) is 25.3 Å². The van der Waals surface area contributed by atoms with Gasteiger partial charge in [0.15, 0.2) is 5.78 Å². The van der Waals surface area contributed by atoms with Crippen molar-refractivity contribution in [2.75, 3.05) is 20.1 Å². The van der Waals surface area contributed by atoms with E-state index in [1.165, 1.54) is 0 Å². The van der Waals surface area contributed by atoms with Crippen LogP contribution in [0.3, 0.4) is 0 Å². The van der Waals surface area contributed by atoms with Gasteiger partial charge in [-0.1, -0.05) is 18.6 Å². The van der Waals surface area contributed by atoms with Crippen molar-refractivity contribution in [2.24, 2.45) is 0 Å². The van der Waals surface area contributed by atoms with Gasteiger partial charge in [-0.2, -0.15) is 0 Å². The average Bonchev–Trinajstić information content (AvgIpc) is 2.47. The summed E-state index contributed by atoms with van der Waals surface area (Å²) >= 11 is 2.22. The Balaban J connectivity index is 2.04. The molecule has 1 N–H and O–H groups in total. The van der Waals surface area contributed by atoms with Gasteiger partial charge in [0, 0.05) is 16.2 Å². The summed E-state index contributed by atoms with van der Waals surface area (Å²) in [5.74, 6) is 0.0947. The van der Waals surface area contributed by atoms with E-state index in [0.717, 1.165) is 29.4 Å². The predicted octanol–water partition coefficient (Wildman–Crippen LogP) is 2.07. The topological polar surface area (TPSA) is 49.4 Å². The molecule has 2 rings (SSSR count). The number of carbonyl (C=O) groups excluding carboxylic acids is 2. The third kappa shape index (κ3) is 3.79. The van der Waals surface area contributed by atoms with Crippen molar-refractivity contribution in [3.8, 4) is 0 Å². The highest BCUT2D eigenvalue weighted by molar-refractivity contribution is 14.1. The number of likely N-dealkylation sites (tertiary alicyclic amines) is 1. The predicted molar refractivity (Wildman–Crippen MR) is 86.8 cm³/mol. The maximum atomic E-state index is 12.3. The summed E-state index contributed by atoms with van der Waals surface area (Å²) in [4.78, 5) is 26.2. The molecule has 0 bridgehead atoms. The van der Waals surface area contributed by atoms with Crippen LogP contribution < -0.4 is 5.32 Å². The Bertz CT molecular complexity index is 487. The fourth-order valence-corrected chi connectivity index (χ4v) is 2.91. The molecule has 0 spiro atoms. The van der Waals surface area contributed by atoms with Crippen LogP contribution in [0.1, 0.15) is 29.6 Å². The number of carbonyl (C=O) groups is 2. The number of halogens is 1. The van der Waals surface area contributed by atoms with Gasteiger partial charge in [0.05, 0.1) is 12.6 Å². The minimum Gasteiger partial charge on any atom is -0.358 e. The van der Waals surface area contributed by atoms with Gasteiger partial charge in [-0.05, 0) is 54.1 Å². The number of likely N-dealkylation sites (N-methyl/N-ethyl adjacent to an activating group) is 1. The third-order valence-corrected chi connectivity index (χ3v) is 4.39. The van der Waals surface area contributed by atoms with Gasteiger partial charge >= 0.3 is 0 Å². The Hall–Kier alpha value is -0.950. The zero-order chi connectivity index (χ0) is 14.5. The molecule has 1 atom stereocenters. The highest BCUT2D eigenvalue weighted by Gasteiger charge is 2.29. The third-order valence-electron chi connectivity index (χ3n) is 3.68. The van der Waals surface area contributed by atoms with Crippen LogP contribution in [0.2, 0.25) is 0 Å². The molecule has 1 saturated heterocycles. The van der Waals surface area contributed by atoms with E-state index < -0.39 is 0 Å². The van der Waals surface area contributed by atoms with Crippen molar-refractivity contribution in [3.63, 3.8) is 0 Å². The summed E-state index contributed by atoms with van der Waals surface area (Å²) in [7, 11) is 1.65. The Morgan fingerprint density at radius 3 is 2.65 bits per heavy atom. The molecule has 1 fully saturated rings. The minimum absolute atomic E-state index is 0.0140. The van der Waals surface area contributed by atoms with E-state index in [2.05, 4.69) is 27.9 Å². The zero-order valence-corrected chi connectivity index (χ0v) is 13.7. The van der Waals surface area contributed by atoms with Crippen molar-refractivity contribution in [3.05, 3.63) is 33.4 Å². The molecule has 0 saturated carbocycles. The Morgan fingerprint density at radius 1 is 1.30 bits per heavy atom. The number of ketones is 1. The molecule has 4 nitrogen and oxygen atoms in total. The molecular weight excluding hydrogens is 367 g/mol. The van der Waals surface area contributed by atoms with Crippen molar-refractivity contribution in [1.29, 1.82) is 0 Å². The first kappa shape index (κ1) is 15.4. The van der Waals surface area contributed by atoms with Crippen molar-refractivity contribution < 1.29 is 9.59 Å². The molecule has 1 aromatic rings. The zero-order valence-electron chi connectivity index (χ0n) is 11.6. The first-order valence-electron chi connectivity index (χ1n) is 6.86. The quantitative estimate of drug-likeness (QED) is 0.637. The number of benzene rings is 1. The molecule has 0 aliphatic carbocycles. The highest BCUT2D eigenvalue weighted by Crippen LogP contribution is 2.18. The molecule has 1 amide bonds. The number of hydrogen-bond acceptors (Lipinski definition) is 3. The lowest BCUT2D eigenvalue weighted by atomic mass is 10.00. The van der Waals surface area contributed by atoms with Gasteiger partial charge < -0.3 is 5.32 Å². The number of rotatable bonds is 4. The Labute approximate surface area is 133 Å².